The number of nitrogens with zero attached hydrogens (tertiary/aromatic N) is 4. The van der Waals surface area contributed by atoms with E-state index in [9.17, 15) is 10.1 Å². The van der Waals surface area contributed by atoms with Gasteiger partial charge in [-0.3, -0.25) is 10.1 Å². The Kier molecular flexibility index (Phi) is 2.52. The molecule has 1 aliphatic rings. The highest BCUT2D eigenvalue weighted by molar-refractivity contribution is 6.32. The summed E-state index contributed by atoms with van der Waals surface area (Å²) in [6.07, 6.45) is 1.12. The van der Waals surface area contributed by atoms with Crippen LogP contribution in [0.1, 0.15) is 6.42 Å². The first-order valence-corrected chi connectivity index (χ1v) is 5.89. The van der Waals surface area contributed by atoms with Crippen molar-refractivity contribution in [2.75, 3.05) is 18.0 Å². The number of halogens is 1. The van der Waals surface area contributed by atoms with Gasteiger partial charge < -0.3 is 4.90 Å². The lowest BCUT2D eigenvalue weighted by molar-refractivity contribution is -0.384. The van der Waals surface area contributed by atoms with Crippen molar-refractivity contribution >= 4 is 34.1 Å². The van der Waals surface area contributed by atoms with E-state index in [-0.39, 0.29) is 5.69 Å². The van der Waals surface area contributed by atoms with E-state index >= 15 is 0 Å². The van der Waals surface area contributed by atoms with Gasteiger partial charge in [0.05, 0.1) is 16.0 Å². The molecule has 1 aliphatic heterocycles. The minimum Gasteiger partial charge on any atom is -0.354 e. The van der Waals surface area contributed by atoms with Gasteiger partial charge in [0.15, 0.2) is 11.0 Å². The fourth-order valence-electron chi connectivity index (χ4n) is 1.85. The Morgan fingerprint density at radius 2 is 2.06 bits per heavy atom. The highest BCUT2D eigenvalue weighted by Gasteiger charge is 2.20. The molecule has 92 valence electrons. The van der Waals surface area contributed by atoms with Crippen molar-refractivity contribution in [2.24, 2.45) is 0 Å². The monoisotopic (exact) mass is 264 g/mol. The second-order valence-electron chi connectivity index (χ2n) is 4.11. The molecule has 1 aromatic heterocycles. The summed E-state index contributed by atoms with van der Waals surface area (Å²) in [5, 5.41) is 11.0. The largest absolute Gasteiger partial charge is 0.354 e. The molecule has 3 rings (SSSR count). The van der Waals surface area contributed by atoms with E-state index in [0.29, 0.717) is 22.0 Å². The Hall–Kier alpha value is -1.95. The Labute approximate surface area is 107 Å². The first-order valence-electron chi connectivity index (χ1n) is 5.52. The number of benzene rings is 1. The van der Waals surface area contributed by atoms with Crippen LogP contribution in [0, 0.1) is 10.1 Å². The zero-order valence-electron chi connectivity index (χ0n) is 9.34. The fraction of sp³-hybridized carbons (Fsp3) is 0.273. The zero-order valence-corrected chi connectivity index (χ0v) is 10.1. The van der Waals surface area contributed by atoms with Gasteiger partial charge in [-0.05, 0) is 12.5 Å². The van der Waals surface area contributed by atoms with Crippen molar-refractivity contribution < 1.29 is 4.92 Å². The summed E-state index contributed by atoms with van der Waals surface area (Å²) in [5.41, 5.74) is 1.05. The summed E-state index contributed by atoms with van der Waals surface area (Å²) in [6, 6.07) is 4.40. The van der Waals surface area contributed by atoms with Crippen LogP contribution in [0.5, 0.6) is 0 Å². The third-order valence-corrected chi connectivity index (χ3v) is 3.21. The van der Waals surface area contributed by atoms with Crippen LogP contribution in [0.3, 0.4) is 0 Å². The Bertz CT molecular complexity index is 642. The van der Waals surface area contributed by atoms with E-state index in [1.807, 2.05) is 4.90 Å². The quantitative estimate of drug-likeness (QED) is 0.615. The maximum absolute atomic E-state index is 10.7. The molecule has 1 aromatic carbocycles. The van der Waals surface area contributed by atoms with Crippen molar-refractivity contribution in [3.8, 4) is 0 Å². The Balaban J connectivity index is 2.13. The Morgan fingerprint density at radius 3 is 2.67 bits per heavy atom. The number of hydrogen-bond donors (Lipinski definition) is 0. The first kappa shape index (κ1) is 11.2. The minimum atomic E-state index is -0.460. The van der Waals surface area contributed by atoms with Crippen LogP contribution < -0.4 is 4.90 Å². The molecule has 0 radical (unpaired) electrons. The molecule has 0 bridgehead atoms. The van der Waals surface area contributed by atoms with E-state index in [4.69, 9.17) is 11.6 Å². The predicted octanol–water partition coefficient (Wildman–Crippen LogP) is 2.40. The van der Waals surface area contributed by atoms with Crippen molar-refractivity contribution in [2.45, 2.75) is 6.42 Å². The molecule has 7 heteroatoms. The van der Waals surface area contributed by atoms with Gasteiger partial charge in [0.1, 0.15) is 0 Å². The van der Waals surface area contributed by atoms with E-state index in [1.165, 1.54) is 12.1 Å². The van der Waals surface area contributed by atoms with Crippen LogP contribution in [-0.4, -0.2) is 28.0 Å². The summed E-state index contributed by atoms with van der Waals surface area (Å²) < 4.78 is 0. The van der Waals surface area contributed by atoms with E-state index < -0.39 is 4.92 Å². The minimum absolute atomic E-state index is 0.00966. The smallest absolute Gasteiger partial charge is 0.271 e. The first-order chi connectivity index (χ1) is 8.65. The number of aromatic nitrogens is 2. The van der Waals surface area contributed by atoms with Gasteiger partial charge >= 0.3 is 0 Å². The highest BCUT2D eigenvalue weighted by Crippen LogP contribution is 2.29. The molecule has 2 heterocycles. The maximum Gasteiger partial charge on any atom is 0.271 e. The van der Waals surface area contributed by atoms with Crippen LogP contribution in [0.25, 0.3) is 11.0 Å². The standard InChI is InChI=1S/C11H9ClN4O2/c12-10-11(15-4-1-5-15)14-8-3-2-7(16(17)18)6-9(8)13-10/h2-3,6H,1,4-5H2. The average Bonchev–Trinajstić information content (AvgIpc) is 2.27. The van der Waals surface area contributed by atoms with E-state index in [0.717, 1.165) is 19.5 Å². The summed E-state index contributed by atoms with van der Waals surface area (Å²) in [5.74, 6) is 0.657. The van der Waals surface area contributed by atoms with Crippen molar-refractivity contribution in [3.63, 3.8) is 0 Å². The van der Waals surface area contributed by atoms with Crippen LogP contribution in [0.2, 0.25) is 5.15 Å². The summed E-state index contributed by atoms with van der Waals surface area (Å²) >= 11 is 6.06. The molecule has 6 nitrogen and oxygen atoms in total. The second-order valence-corrected chi connectivity index (χ2v) is 4.47. The molecule has 1 saturated heterocycles. The zero-order chi connectivity index (χ0) is 12.7. The molecule has 2 aromatic rings. The molecular formula is C11H9ClN4O2. The lowest BCUT2D eigenvalue weighted by Crippen LogP contribution is -2.38. The lowest BCUT2D eigenvalue weighted by Gasteiger charge is -2.32. The lowest BCUT2D eigenvalue weighted by atomic mass is 10.2. The van der Waals surface area contributed by atoms with Gasteiger partial charge in [0.2, 0.25) is 0 Å². The Morgan fingerprint density at radius 1 is 1.28 bits per heavy atom. The third-order valence-electron chi connectivity index (χ3n) is 2.95. The fourth-order valence-corrected chi connectivity index (χ4v) is 2.11. The maximum atomic E-state index is 10.7. The number of hydrogen-bond acceptors (Lipinski definition) is 5. The van der Waals surface area contributed by atoms with Crippen molar-refractivity contribution in [1.82, 2.24) is 9.97 Å². The summed E-state index contributed by atoms with van der Waals surface area (Å²) in [4.78, 5) is 20.8. The number of rotatable bonds is 2. The molecule has 0 saturated carbocycles. The molecule has 18 heavy (non-hydrogen) atoms. The van der Waals surface area contributed by atoms with E-state index in [2.05, 4.69) is 9.97 Å². The number of anilines is 1. The number of nitro groups is 1. The summed E-state index contributed by atoms with van der Waals surface area (Å²) in [7, 11) is 0. The molecule has 0 spiro atoms. The van der Waals surface area contributed by atoms with Gasteiger partial charge in [-0.15, -0.1) is 0 Å². The van der Waals surface area contributed by atoms with Crippen molar-refractivity contribution in [3.05, 3.63) is 33.5 Å². The predicted molar refractivity (Wildman–Crippen MR) is 68.0 cm³/mol. The average molecular weight is 265 g/mol. The van der Waals surface area contributed by atoms with Crippen LogP contribution in [0.4, 0.5) is 11.5 Å². The van der Waals surface area contributed by atoms with Crippen molar-refractivity contribution in [1.29, 1.82) is 0 Å². The van der Waals surface area contributed by atoms with Gasteiger partial charge in [0, 0.05) is 25.2 Å². The normalized spacial score (nSPS) is 14.6. The highest BCUT2D eigenvalue weighted by atomic mass is 35.5. The SMILES string of the molecule is O=[N+]([O-])c1ccc2nc(N3CCC3)c(Cl)nc2c1. The molecule has 0 amide bonds. The molecule has 0 unspecified atom stereocenters. The number of fused-ring (bicyclic) bond motifs is 1. The second kappa shape index (κ2) is 4.06. The van der Waals surface area contributed by atoms with Gasteiger partial charge in [-0.25, -0.2) is 9.97 Å². The molecular weight excluding hydrogens is 256 g/mol. The van der Waals surface area contributed by atoms with Crippen LogP contribution in [-0.2, 0) is 0 Å². The van der Waals surface area contributed by atoms with Gasteiger partial charge in [-0.1, -0.05) is 11.6 Å². The number of nitro benzene ring substituents is 1. The third kappa shape index (κ3) is 1.74. The topological polar surface area (TPSA) is 72.2 Å². The number of non-ortho nitro benzene ring substituents is 1. The molecule has 0 aliphatic carbocycles. The molecule has 0 atom stereocenters. The summed E-state index contributed by atoms with van der Waals surface area (Å²) in [6.45, 7) is 1.85. The van der Waals surface area contributed by atoms with Gasteiger partial charge in [0.25, 0.3) is 5.69 Å². The van der Waals surface area contributed by atoms with Crippen LogP contribution >= 0.6 is 11.6 Å². The van der Waals surface area contributed by atoms with Crippen LogP contribution in [0.15, 0.2) is 18.2 Å². The molecule has 1 fully saturated rings. The van der Waals surface area contributed by atoms with Gasteiger partial charge in [-0.2, -0.15) is 0 Å². The molecule has 0 N–H and O–H groups in total. The van der Waals surface area contributed by atoms with E-state index in [1.54, 1.807) is 6.07 Å².